The highest BCUT2D eigenvalue weighted by molar-refractivity contribution is 7.15. The lowest BCUT2D eigenvalue weighted by Crippen LogP contribution is -2.48. The van der Waals surface area contributed by atoms with Gasteiger partial charge in [0.2, 0.25) is 5.91 Å². The van der Waals surface area contributed by atoms with Gasteiger partial charge in [-0.3, -0.25) is 4.79 Å². The summed E-state index contributed by atoms with van der Waals surface area (Å²) in [6.45, 7) is 3.86. The molecule has 7 heteroatoms. The van der Waals surface area contributed by atoms with Gasteiger partial charge in [-0.25, -0.2) is 4.98 Å². The number of hydrogen-bond donors (Lipinski definition) is 2. The van der Waals surface area contributed by atoms with E-state index in [0.717, 1.165) is 40.9 Å². The third-order valence-corrected chi connectivity index (χ3v) is 6.52. The monoisotopic (exact) mass is 411 g/mol. The lowest BCUT2D eigenvalue weighted by atomic mass is 9.88. The predicted molar refractivity (Wildman–Crippen MR) is 110 cm³/mol. The Balaban J connectivity index is 0.00000196. The zero-order valence-corrected chi connectivity index (χ0v) is 17.0. The van der Waals surface area contributed by atoms with Gasteiger partial charge in [-0.15, -0.1) is 23.7 Å². The molecule has 1 atom stereocenters. The Bertz CT molecular complexity index is 787. The minimum Gasteiger partial charge on any atom is -0.316 e. The number of hydrogen-bond acceptors (Lipinski definition) is 4. The van der Waals surface area contributed by atoms with Crippen LogP contribution in [0.4, 0.5) is 5.13 Å². The molecule has 4 rings (SSSR count). The third kappa shape index (κ3) is 4.22. The SMILES string of the molecule is CC(C(=O)Nc1nc(C2CC2)c(Cc2ccccc2Cl)s1)C1CNC1.Cl. The summed E-state index contributed by atoms with van der Waals surface area (Å²) in [4.78, 5) is 18.4. The number of carbonyl (C=O) groups is 1. The van der Waals surface area contributed by atoms with Gasteiger partial charge in [0, 0.05) is 28.2 Å². The van der Waals surface area contributed by atoms with Gasteiger partial charge < -0.3 is 10.6 Å². The molecule has 1 aliphatic carbocycles. The molecule has 0 radical (unpaired) electrons. The van der Waals surface area contributed by atoms with Gasteiger partial charge in [-0.2, -0.15) is 0 Å². The molecule has 2 aromatic rings. The summed E-state index contributed by atoms with van der Waals surface area (Å²) in [7, 11) is 0. The van der Waals surface area contributed by atoms with E-state index >= 15 is 0 Å². The first-order chi connectivity index (χ1) is 12.1. The first kappa shape index (κ1) is 19.6. The fourth-order valence-electron chi connectivity index (χ4n) is 3.13. The number of nitrogens with zero attached hydrogens (tertiary/aromatic N) is 1. The molecule has 1 unspecified atom stereocenters. The van der Waals surface area contributed by atoms with Gasteiger partial charge >= 0.3 is 0 Å². The maximum Gasteiger partial charge on any atom is 0.229 e. The van der Waals surface area contributed by atoms with Crippen LogP contribution >= 0.6 is 35.3 Å². The van der Waals surface area contributed by atoms with Crippen molar-refractivity contribution in [3.05, 3.63) is 45.4 Å². The predicted octanol–water partition coefficient (Wildman–Crippen LogP) is 4.48. The van der Waals surface area contributed by atoms with Crippen molar-refractivity contribution < 1.29 is 4.79 Å². The highest BCUT2D eigenvalue weighted by Crippen LogP contribution is 2.44. The maximum atomic E-state index is 12.5. The van der Waals surface area contributed by atoms with Gasteiger partial charge in [-0.05, 0) is 43.5 Å². The molecule has 4 nitrogen and oxygen atoms in total. The topological polar surface area (TPSA) is 54.0 Å². The summed E-state index contributed by atoms with van der Waals surface area (Å²) in [5.41, 5.74) is 2.26. The first-order valence-electron chi connectivity index (χ1n) is 8.86. The molecule has 2 aliphatic rings. The minimum atomic E-state index is 0. The number of rotatable bonds is 6. The summed E-state index contributed by atoms with van der Waals surface area (Å²) in [5.74, 6) is 1.08. The van der Waals surface area contributed by atoms with E-state index < -0.39 is 0 Å². The minimum absolute atomic E-state index is 0. The second kappa shape index (κ2) is 8.26. The second-order valence-electron chi connectivity index (χ2n) is 7.07. The van der Waals surface area contributed by atoms with Crippen LogP contribution in [0.2, 0.25) is 5.02 Å². The summed E-state index contributed by atoms with van der Waals surface area (Å²) in [5, 5.41) is 7.78. The number of carbonyl (C=O) groups excluding carboxylic acids is 1. The molecule has 0 bridgehead atoms. The summed E-state index contributed by atoms with van der Waals surface area (Å²) >= 11 is 7.92. The largest absolute Gasteiger partial charge is 0.316 e. The molecular formula is C19H23Cl2N3OS. The van der Waals surface area contributed by atoms with Crippen LogP contribution in [-0.2, 0) is 11.2 Å². The number of anilines is 1. The number of benzene rings is 1. The van der Waals surface area contributed by atoms with Crippen molar-refractivity contribution >= 4 is 46.4 Å². The van der Waals surface area contributed by atoms with Crippen LogP contribution in [0.5, 0.6) is 0 Å². The average Bonchev–Trinajstić information content (AvgIpc) is 3.31. The molecule has 1 saturated carbocycles. The molecule has 1 aromatic carbocycles. The molecule has 2 heterocycles. The van der Waals surface area contributed by atoms with Gasteiger partial charge in [0.15, 0.2) is 5.13 Å². The molecule has 26 heavy (non-hydrogen) atoms. The Hall–Kier alpha value is -1.14. The summed E-state index contributed by atoms with van der Waals surface area (Å²) in [6, 6.07) is 7.94. The van der Waals surface area contributed by atoms with Gasteiger partial charge in [0.1, 0.15) is 0 Å². The van der Waals surface area contributed by atoms with Crippen molar-refractivity contribution in [1.29, 1.82) is 0 Å². The Morgan fingerprint density at radius 3 is 2.73 bits per heavy atom. The van der Waals surface area contributed by atoms with Gasteiger partial charge in [0.05, 0.1) is 5.69 Å². The Morgan fingerprint density at radius 1 is 1.38 bits per heavy atom. The molecule has 0 spiro atoms. The third-order valence-electron chi connectivity index (χ3n) is 5.16. The molecule has 2 N–H and O–H groups in total. The van der Waals surface area contributed by atoms with Crippen molar-refractivity contribution in [3.63, 3.8) is 0 Å². The quantitative estimate of drug-likeness (QED) is 0.736. The molecular weight excluding hydrogens is 389 g/mol. The molecule has 140 valence electrons. The van der Waals surface area contributed by atoms with Crippen LogP contribution < -0.4 is 10.6 Å². The van der Waals surface area contributed by atoms with E-state index in [2.05, 4.69) is 16.7 Å². The van der Waals surface area contributed by atoms with E-state index in [-0.39, 0.29) is 24.2 Å². The van der Waals surface area contributed by atoms with Crippen LogP contribution in [0.3, 0.4) is 0 Å². The number of halogens is 2. The van der Waals surface area contributed by atoms with Crippen LogP contribution in [0.1, 0.15) is 41.8 Å². The van der Waals surface area contributed by atoms with E-state index in [9.17, 15) is 4.79 Å². The van der Waals surface area contributed by atoms with E-state index in [1.807, 2.05) is 25.1 Å². The van der Waals surface area contributed by atoms with Crippen LogP contribution in [0, 0.1) is 11.8 Å². The first-order valence-corrected chi connectivity index (χ1v) is 10.1. The highest BCUT2D eigenvalue weighted by atomic mass is 35.5. The van der Waals surface area contributed by atoms with E-state index in [4.69, 9.17) is 16.6 Å². The number of amides is 1. The van der Waals surface area contributed by atoms with E-state index in [1.54, 1.807) is 11.3 Å². The normalized spacial score (nSPS) is 17.9. The zero-order chi connectivity index (χ0) is 17.4. The molecule has 1 aromatic heterocycles. The van der Waals surface area contributed by atoms with E-state index in [0.29, 0.717) is 11.8 Å². The fraction of sp³-hybridized carbons (Fsp3) is 0.474. The van der Waals surface area contributed by atoms with Crippen LogP contribution in [0.25, 0.3) is 0 Å². The van der Waals surface area contributed by atoms with E-state index in [1.165, 1.54) is 17.7 Å². The fourth-order valence-corrected chi connectivity index (χ4v) is 4.41. The Labute approximate surface area is 169 Å². The molecule has 1 saturated heterocycles. The van der Waals surface area contributed by atoms with Crippen molar-refractivity contribution in [2.45, 2.75) is 32.1 Å². The van der Waals surface area contributed by atoms with Crippen molar-refractivity contribution in [1.82, 2.24) is 10.3 Å². The standard InChI is InChI=1S/C19H22ClN3OS.ClH/c1-11(14-9-21-10-14)18(24)23-19-22-17(12-6-7-12)16(25-19)8-13-4-2-3-5-15(13)20;/h2-5,11-12,14,21H,6-10H2,1H3,(H,22,23,24);1H. The zero-order valence-electron chi connectivity index (χ0n) is 14.6. The van der Waals surface area contributed by atoms with Crippen molar-refractivity contribution in [2.75, 3.05) is 18.4 Å². The Morgan fingerprint density at radius 2 is 2.12 bits per heavy atom. The lowest BCUT2D eigenvalue weighted by Gasteiger charge is -2.31. The Kier molecular flexibility index (Phi) is 6.23. The highest BCUT2D eigenvalue weighted by Gasteiger charge is 2.32. The van der Waals surface area contributed by atoms with Crippen LogP contribution in [-0.4, -0.2) is 24.0 Å². The number of nitrogens with one attached hydrogen (secondary N) is 2. The molecule has 2 fully saturated rings. The molecule has 1 amide bonds. The average molecular weight is 412 g/mol. The summed E-state index contributed by atoms with van der Waals surface area (Å²) < 4.78 is 0. The van der Waals surface area contributed by atoms with Crippen molar-refractivity contribution in [3.8, 4) is 0 Å². The van der Waals surface area contributed by atoms with Crippen molar-refractivity contribution in [2.24, 2.45) is 11.8 Å². The summed E-state index contributed by atoms with van der Waals surface area (Å²) in [6.07, 6.45) is 3.16. The number of thiazole rings is 1. The number of aromatic nitrogens is 1. The lowest BCUT2D eigenvalue weighted by molar-refractivity contribution is -0.121. The second-order valence-corrected chi connectivity index (χ2v) is 8.56. The van der Waals surface area contributed by atoms with Gasteiger partial charge in [0.25, 0.3) is 0 Å². The maximum absolute atomic E-state index is 12.5. The van der Waals surface area contributed by atoms with Crippen LogP contribution in [0.15, 0.2) is 24.3 Å². The molecule has 1 aliphatic heterocycles. The smallest absolute Gasteiger partial charge is 0.229 e. The van der Waals surface area contributed by atoms with Gasteiger partial charge in [-0.1, -0.05) is 36.7 Å².